The second kappa shape index (κ2) is 9.15. The van der Waals surface area contributed by atoms with Crippen molar-refractivity contribution in [2.45, 2.75) is 13.5 Å². The number of carbonyl (C=O) groups is 2. The predicted molar refractivity (Wildman–Crippen MR) is 108 cm³/mol. The third kappa shape index (κ3) is 5.91. The van der Waals surface area contributed by atoms with Crippen molar-refractivity contribution in [3.05, 3.63) is 83.7 Å². The summed E-state index contributed by atoms with van der Waals surface area (Å²) in [6.45, 7) is 1.82. The van der Waals surface area contributed by atoms with Crippen LogP contribution in [-0.2, 0) is 16.1 Å². The molecule has 144 valence electrons. The number of aromatic nitrogens is 2. The predicted octanol–water partition coefficient (Wildman–Crippen LogP) is 3.38. The fourth-order valence-electron chi connectivity index (χ4n) is 2.64. The fraction of sp³-hybridized carbons (Fsp3) is 0.0909. The molecule has 0 unspecified atom stereocenters. The highest BCUT2D eigenvalue weighted by molar-refractivity contribution is 6.01. The van der Waals surface area contributed by atoms with Gasteiger partial charge in [-0.3, -0.25) is 14.3 Å². The highest BCUT2D eigenvalue weighted by Gasteiger charge is 2.04. The number of nitrogens with zero attached hydrogens (tertiary/aromatic N) is 3. The van der Waals surface area contributed by atoms with Crippen LogP contribution in [0.4, 0.5) is 5.69 Å². The summed E-state index contributed by atoms with van der Waals surface area (Å²) in [5.41, 5.74) is 2.82. The van der Waals surface area contributed by atoms with Crippen LogP contribution in [0.25, 0.3) is 6.08 Å². The van der Waals surface area contributed by atoms with E-state index >= 15 is 0 Å². The molecule has 3 rings (SSSR count). The number of nitriles is 1. The van der Waals surface area contributed by atoms with Crippen LogP contribution >= 0.6 is 0 Å². The number of hydrogen-bond donors (Lipinski definition) is 1. The average Bonchev–Trinajstić information content (AvgIpc) is 3.13. The van der Waals surface area contributed by atoms with Gasteiger partial charge in [0.2, 0.25) is 5.91 Å². The molecule has 1 N–H and O–H groups in total. The van der Waals surface area contributed by atoms with Crippen LogP contribution in [0.3, 0.4) is 0 Å². The standard InChI is InChI=1S/C22H18N4O3/c1-16(27)29-21-7-3-4-17(11-21)8-9-22(28)25-20-13-24-26(15-20)14-19-6-2-5-18(10-19)12-23/h2-11,13,15H,14H2,1H3,(H,25,28)/b9-8+. The second-order valence-corrected chi connectivity index (χ2v) is 6.23. The first-order valence-electron chi connectivity index (χ1n) is 8.81. The van der Waals surface area contributed by atoms with Crippen molar-refractivity contribution in [1.82, 2.24) is 9.78 Å². The van der Waals surface area contributed by atoms with Gasteiger partial charge in [0.05, 0.1) is 30.1 Å². The van der Waals surface area contributed by atoms with Gasteiger partial charge in [0.15, 0.2) is 0 Å². The third-order valence-corrected chi connectivity index (χ3v) is 3.85. The lowest BCUT2D eigenvalue weighted by molar-refractivity contribution is -0.131. The van der Waals surface area contributed by atoms with E-state index in [0.717, 1.165) is 11.1 Å². The average molecular weight is 386 g/mol. The minimum atomic E-state index is -0.403. The Kier molecular flexibility index (Phi) is 6.18. The van der Waals surface area contributed by atoms with Gasteiger partial charge >= 0.3 is 5.97 Å². The van der Waals surface area contributed by atoms with Crippen LogP contribution in [-0.4, -0.2) is 21.7 Å². The Hall–Kier alpha value is -4.18. The van der Waals surface area contributed by atoms with Crippen molar-refractivity contribution in [1.29, 1.82) is 5.26 Å². The lowest BCUT2D eigenvalue weighted by Gasteiger charge is -2.02. The zero-order valence-electron chi connectivity index (χ0n) is 15.7. The smallest absolute Gasteiger partial charge is 0.308 e. The van der Waals surface area contributed by atoms with Crippen LogP contribution in [0, 0.1) is 11.3 Å². The van der Waals surface area contributed by atoms with E-state index in [1.54, 1.807) is 59.5 Å². The first-order chi connectivity index (χ1) is 14.0. The summed E-state index contributed by atoms with van der Waals surface area (Å²) in [7, 11) is 0. The highest BCUT2D eigenvalue weighted by atomic mass is 16.5. The molecule has 7 heteroatoms. The van der Waals surface area contributed by atoms with Crippen LogP contribution in [0.2, 0.25) is 0 Å². The topological polar surface area (TPSA) is 97.0 Å². The molecule has 7 nitrogen and oxygen atoms in total. The van der Waals surface area contributed by atoms with Crippen LogP contribution < -0.4 is 10.1 Å². The Labute approximate surface area is 167 Å². The normalized spacial score (nSPS) is 10.5. The van der Waals surface area contributed by atoms with Gasteiger partial charge in [-0.05, 0) is 41.5 Å². The summed E-state index contributed by atoms with van der Waals surface area (Å²) in [5, 5.41) is 15.9. The molecule has 0 spiro atoms. The lowest BCUT2D eigenvalue weighted by Crippen LogP contribution is -2.07. The van der Waals surface area contributed by atoms with E-state index < -0.39 is 5.97 Å². The molecule has 0 aliphatic rings. The van der Waals surface area contributed by atoms with Crippen molar-refractivity contribution >= 4 is 23.6 Å². The molecular weight excluding hydrogens is 368 g/mol. The van der Waals surface area contributed by atoms with Gasteiger partial charge in [-0.1, -0.05) is 24.3 Å². The van der Waals surface area contributed by atoms with Gasteiger partial charge < -0.3 is 10.1 Å². The molecule has 29 heavy (non-hydrogen) atoms. The number of carbonyl (C=O) groups excluding carboxylic acids is 2. The Morgan fingerprint density at radius 1 is 1.24 bits per heavy atom. The van der Waals surface area contributed by atoms with Crippen LogP contribution in [0.5, 0.6) is 5.75 Å². The zero-order valence-corrected chi connectivity index (χ0v) is 15.7. The van der Waals surface area contributed by atoms with Crippen molar-refractivity contribution in [2.24, 2.45) is 0 Å². The molecular formula is C22H18N4O3. The fourth-order valence-corrected chi connectivity index (χ4v) is 2.64. The Balaban J connectivity index is 1.59. The first-order valence-corrected chi connectivity index (χ1v) is 8.81. The first kappa shape index (κ1) is 19.6. The number of anilines is 1. The molecule has 1 aromatic heterocycles. The van der Waals surface area contributed by atoms with E-state index in [9.17, 15) is 9.59 Å². The van der Waals surface area contributed by atoms with Gasteiger partial charge in [0, 0.05) is 19.2 Å². The third-order valence-electron chi connectivity index (χ3n) is 3.85. The van der Waals surface area contributed by atoms with E-state index in [1.807, 2.05) is 12.1 Å². The molecule has 0 bridgehead atoms. The van der Waals surface area contributed by atoms with Gasteiger partial charge in [0.1, 0.15) is 5.75 Å². The number of hydrogen-bond acceptors (Lipinski definition) is 5. The summed E-state index contributed by atoms with van der Waals surface area (Å²) >= 11 is 0. The number of esters is 1. The molecule has 1 heterocycles. The Morgan fingerprint density at radius 3 is 2.86 bits per heavy atom. The zero-order chi connectivity index (χ0) is 20.6. The van der Waals surface area contributed by atoms with Gasteiger partial charge in [0.25, 0.3) is 0 Å². The Morgan fingerprint density at radius 2 is 2.07 bits per heavy atom. The van der Waals surface area contributed by atoms with E-state index in [2.05, 4.69) is 16.5 Å². The number of amides is 1. The van der Waals surface area contributed by atoms with Crippen molar-refractivity contribution < 1.29 is 14.3 Å². The number of nitrogens with one attached hydrogen (secondary N) is 1. The van der Waals surface area contributed by atoms with Gasteiger partial charge in [-0.15, -0.1) is 0 Å². The summed E-state index contributed by atoms with van der Waals surface area (Å²) in [6.07, 6.45) is 6.29. The van der Waals surface area contributed by atoms with Crippen molar-refractivity contribution in [2.75, 3.05) is 5.32 Å². The SMILES string of the molecule is CC(=O)Oc1cccc(/C=C/C(=O)Nc2cnn(Cc3cccc(C#N)c3)c2)c1. The maximum absolute atomic E-state index is 12.1. The van der Waals surface area contributed by atoms with Gasteiger partial charge in [-0.2, -0.15) is 10.4 Å². The Bertz CT molecular complexity index is 1110. The highest BCUT2D eigenvalue weighted by Crippen LogP contribution is 2.15. The summed E-state index contributed by atoms with van der Waals surface area (Å²) in [6, 6.07) is 16.2. The lowest BCUT2D eigenvalue weighted by atomic mass is 10.1. The molecule has 3 aromatic rings. The summed E-state index contributed by atoms with van der Waals surface area (Å²) in [4.78, 5) is 23.2. The van der Waals surface area contributed by atoms with Crippen molar-refractivity contribution in [3.63, 3.8) is 0 Å². The maximum Gasteiger partial charge on any atom is 0.308 e. The van der Waals surface area contributed by atoms with E-state index in [0.29, 0.717) is 23.5 Å². The minimum Gasteiger partial charge on any atom is -0.427 e. The molecule has 0 saturated heterocycles. The minimum absolute atomic E-state index is 0.311. The molecule has 0 fully saturated rings. The van der Waals surface area contributed by atoms with E-state index in [4.69, 9.17) is 10.00 Å². The van der Waals surface area contributed by atoms with E-state index in [-0.39, 0.29) is 5.91 Å². The molecule has 0 radical (unpaired) electrons. The number of ether oxygens (including phenoxy) is 1. The van der Waals surface area contributed by atoms with Crippen LogP contribution in [0.1, 0.15) is 23.6 Å². The van der Waals surface area contributed by atoms with Gasteiger partial charge in [-0.25, -0.2) is 0 Å². The number of benzene rings is 2. The largest absolute Gasteiger partial charge is 0.427 e. The van der Waals surface area contributed by atoms with Crippen molar-refractivity contribution in [3.8, 4) is 11.8 Å². The number of rotatable bonds is 6. The molecule has 2 aromatic carbocycles. The molecule has 0 saturated carbocycles. The molecule has 0 aliphatic carbocycles. The van der Waals surface area contributed by atoms with E-state index in [1.165, 1.54) is 13.0 Å². The summed E-state index contributed by atoms with van der Waals surface area (Å²) in [5.74, 6) is -0.295. The quantitative estimate of drug-likeness (QED) is 0.398. The molecule has 0 aliphatic heterocycles. The monoisotopic (exact) mass is 386 g/mol. The van der Waals surface area contributed by atoms with Crippen LogP contribution in [0.15, 0.2) is 67.0 Å². The molecule has 1 amide bonds. The maximum atomic E-state index is 12.1. The molecule has 0 atom stereocenters. The second-order valence-electron chi connectivity index (χ2n) is 6.23. The summed E-state index contributed by atoms with van der Waals surface area (Å²) < 4.78 is 6.70.